The van der Waals surface area contributed by atoms with Crippen LogP contribution >= 0.6 is 0 Å². The number of hydrogen-bond donors (Lipinski definition) is 2. The van der Waals surface area contributed by atoms with Crippen LogP contribution in [0.1, 0.15) is 15.9 Å². The number of nitrogens with one attached hydrogen (secondary N) is 1. The molecule has 0 aromatic heterocycles. The van der Waals surface area contributed by atoms with E-state index in [9.17, 15) is 4.79 Å². The molecule has 0 atom stereocenters. The zero-order valence-corrected chi connectivity index (χ0v) is 10.8. The Hall–Kier alpha value is -3.00. The minimum absolute atomic E-state index is 0.205. The minimum Gasteiger partial charge on any atom is -0.495 e. The SMILES string of the molecule is COc1cccc(C#N)c1Nc1ccc(C(=O)O)cc1. The quantitative estimate of drug-likeness (QED) is 0.890. The monoisotopic (exact) mass is 268 g/mol. The highest BCUT2D eigenvalue weighted by Crippen LogP contribution is 2.30. The number of methoxy groups -OCH3 is 1. The van der Waals surface area contributed by atoms with Gasteiger partial charge in [0.1, 0.15) is 11.8 Å². The second kappa shape index (κ2) is 5.76. The number of carbonyl (C=O) groups is 1. The van der Waals surface area contributed by atoms with Crippen molar-refractivity contribution in [2.75, 3.05) is 12.4 Å². The van der Waals surface area contributed by atoms with E-state index in [1.807, 2.05) is 0 Å². The number of anilines is 2. The molecular weight excluding hydrogens is 256 g/mol. The van der Waals surface area contributed by atoms with Crippen molar-refractivity contribution in [2.24, 2.45) is 0 Å². The molecule has 2 rings (SSSR count). The van der Waals surface area contributed by atoms with Crippen LogP contribution in [0.3, 0.4) is 0 Å². The van der Waals surface area contributed by atoms with E-state index in [1.54, 1.807) is 30.3 Å². The molecule has 5 heteroatoms. The van der Waals surface area contributed by atoms with Crippen LogP contribution in [-0.4, -0.2) is 18.2 Å². The van der Waals surface area contributed by atoms with Gasteiger partial charge in [-0.25, -0.2) is 4.79 Å². The molecule has 0 unspecified atom stereocenters. The summed E-state index contributed by atoms with van der Waals surface area (Å²) in [5.74, 6) is -0.432. The molecule has 2 N–H and O–H groups in total. The van der Waals surface area contributed by atoms with E-state index >= 15 is 0 Å². The number of benzene rings is 2. The highest BCUT2D eigenvalue weighted by atomic mass is 16.5. The van der Waals surface area contributed by atoms with Gasteiger partial charge in [-0.1, -0.05) is 6.07 Å². The molecule has 0 aliphatic heterocycles. The average Bonchev–Trinajstić information content (AvgIpc) is 2.48. The van der Waals surface area contributed by atoms with Gasteiger partial charge in [0, 0.05) is 5.69 Å². The lowest BCUT2D eigenvalue weighted by Crippen LogP contribution is -1.99. The van der Waals surface area contributed by atoms with Crippen molar-refractivity contribution in [3.05, 3.63) is 53.6 Å². The van der Waals surface area contributed by atoms with Crippen LogP contribution in [-0.2, 0) is 0 Å². The number of hydrogen-bond acceptors (Lipinski definition) is 4. The van der Waals surface area contributed by atoms with Crippen LogP contribution in [0.2, 0.25) is 0 Å². The maximum absolute atomic E-state index is 10.8. The van der Waals surface area contributed by atoms with Crippen LogP contribution in [0, 0.1) is 11.3 Å². The highest BCUT2D eigenvalue weighted by Gasteiger charge is 2.09. The number of carboxylic acid groups (broad SMARTS) is 1. The molecule has 0 heterocycles. The summed E-state index contributed by atoms with van der Waals surface area (Å²) in [7, 11) is 1.52. The smallest absolute Gasteiger partial charge is 0.335 e. The van der Waals surface area contributed by atoms with E-state index in [0.717, 1.165) is 0 Å². The molecule has 20 heavy (non-hydrogen) atoms. The Kier molecular flexibility index (Phi) is 3.87. The Morgan fingerprint density at radius 1 is 1.25 bits per heavy atom. The van der Waals surface area contributed by atoms with E-state index in [1.165, 1.54) is 19.2 Å². The molecule has 0 radical (unpaired) electrons. The van der Waals surface area contributed by atoms with E-state index in [4.69, 9.17) is 15.1 Å². The number of aromatic carboxylic acids is 1. The number of carboxylic acids is 1. The number of nitriles is 1. The predicted octanol–water partition coefficient (Wildman–Crippen LogP) is 3.01. The van der Waals surface area contributed by atoms with Crippen LogP contribution in [0.4, 0.5) is 11.4 Å². The van der Waals surface area contributed by atoms with Gasteiger partial charge in [0.2, 0.25) is 0 Å². The molecule has 5 nitrogen and oxygen atoms in total. The zero-order valence-electron chi connectivity index (χ0n) is 10.8. The van der Waals surface area contributed by atoms with Crippen molar-refractivity contribution < 1.29 is 14.6 Å². The van der Waals surface area contributed by atoms with Gasteiger partial charge < -0.3 is 15.2 Å². The molecule has 0 aliphatic carbocycles. The fraction of sp³-hybridized carbons (Fsp3) is 0.0667. The second-order valence-corrected chi connectivity index (χ2v) is 4.00. The molecule has 0 spiro atoms. The van der Waals surface area contributed by atoms with Gasteiger partial charge in [0.15, 0.2) is 0 Å². The molecule has 0 bridgehead atoms. The summed E-state index contributed by atoms with van der Waals surface area (Å²) < 4.78 is 5.21. The summed E-state index contributed by atoms with van der Waals surface area (Å²) in [6.45, 7) is 0. The Balaban J connectivity index is 2.34. The molecule has 100 valence electrons. The summed E-state index contributed by atoms with van der Waals surface area (Å²) in [5.41, 5.74) is 1.89. The molecule has 0 aliphatic rings. The Bertz CT molecular complexity index is 673. The average molecular weight is 268 g/mol. The summed E-state index contributed by atoms with van der Waals surface area (Å²) >= 11 is 0. The van der Waals surface area contributed by atoms with Gasteiger partial charge in [-0.15, -0.1) is 0 Å². The first kappa shape index (κ1) is 13.4. The topological polar surface area (TPSA) is 82.3 Å². The van der Waals surface area contributed by atoms with Gasteiger partial charge >= 0.3 is 5.97 Å². The summed E-state index contributed by atoms with van der Waals surface area (Å²) in [6, 6.07) is 13.5. The second-order valence-electron chi connectivity index (χ2n) is 4.00. The highest BCUT2D eigenvalue weighted by molar-refractivity contribution is 5.88. The molecule has 0 amide bonds. The van der Waals surface area contributed by atoms with Gasteiger partial charge in [-0.3, -0.25) is 0 Å². The minimum atomic E-state index is -0.980. The Morgan fingerprint density at radius 2 is 1.95 bits per heavy atom. The lowest BCUT2D eigenvalue weighted by Gasteiger charge is -2.12. The van der Waals surface area contributed by atoms with E-state index in [2.05, 4.69) is 11.4 Å². The summed E-state index contributed by atoms with van der Waals surface area (Å²) in [4.78, 5) is 10.8. The number of ether oxygens (including phenoxy) is 1. The molecule has 0 saturated heterocycles. The van der Waals surface area contributed by atoms with E-state index in [-0.39, 0.29) is 5.56 Å². The third kappa shape index (κ3) is 2.70. The van der Waals surface area contributed by atoms with Crippen molar-refractivity contribution in [1.29, 1.82) is 5.26 Å². The van der Waals surface area contributed by atoms with Crippen LogP contribution in [0.15, 0.2) is 42.5 Å². The number of rotatable bonds is 4. The van der Waals surface area contributed by atoms with Crippen molar-refractivity contribution in [2.45, 2.75) is 0 Å². The van der Waals surface area contributed by atoms with E-state index < -0.39 is 5.97 Å². The third-order valence-electron chi connectivity index (χ3n) is 2.77. The van der Waals surface area contributed by atoms with Gasteiger partial charge in [0.25, 0.3) is 0 Å². The maximum Gasteiger partial charge on any atom is 0.335 e. The fourth-order valence-corrected chi connectivity index (χ4v) is 1.76. The number of para-hydroxylation sites is 1. The van der Waals surface area contributed by atoms with Crippen LogP contribution < -0.4 is 10.1 Å². The zero-order chi connectivity index (χ0) is 14.5. The first-order valence-electron chi connectivity index (χ1n) is 5.83. The normalized spacial score (nSPS) is 9.60. The van der Waals surface area contributed by atoms with Crippen molar-refractivity contribution in [3.63, 3.8) is 0 Å². The summed E-state index contributed by atoms with van der Waals surface area (Å²) in [5, 5.41) is 21.0. The largest absolute Gasteiger partial charge is 0.495 e. The fourth-order valence-electron chi connectivity index (χ4n) is 1.76. The van der Waals surface area contributed by atoms with Crippen molar-refractivity contribution >= 4 is 17.3 Å². The Morgan fingerprint density at radius 3 is 2.50 bits per heavy atom. The molecule has 0 saturated carbocycles. The van der Waals surface area contributed by atoms with Gasteiger partial charge in [0.05, 0.1) is 23.9 Å². The lowest BCUT2D eigenvalue weighted by atomic mass is 10.1. The standard InChI is InChI=1S/C15H12N2O3/c1-20-13-4-2-3-11(9-16)14(13)17-12-7-5-10(6-8-12)15(18)19/h2-8,17H,1H3,(H,18,19). The van der Waals surface area contributed by atoms with E-state index in [0.29, 0.717) is 22.7 Å². The molecular formula is C15H12N2O3. The van der Waals surface area contributed by atoms with Crippen molar-refractivity contribution in [3.8, 4) is 11.8 Å². The van der Waals surface area contributed by atoms with Gasteiger partial charge in [-0.2, -0.15) is 5.26 Å². The molecule has 2 aromatic carbocycles. The Labute approximate surface area is 116 Å². The van der Waals surface area contributed by atoms with Crippen LogP contribution in [0.5, 0.6) is 5.75 Å². The third-order valence-corrected chi connectivity index (χ3v) is 2.77. The summed E-state index contributed by atoms with van der Waals surface area (Å²) in [6.07, 6.45) is 0. The maximum atomic E-state index is 10.8. The molecule has 0 fully saturated rings. The van der Waals surface area contributed by atoms with Crippen LogP contribution in [0.25, 0.3) is 0 Å². The first-order chi connectivity index (χ1) is 9.65. The first-order valence-corrected chi connectivity index (χ1v) is 5.83. The lowest BCUT2D eigenvalue weighted by molar-refractivity contribution is 0.0697. The number of nitrogens with zero attached hydrogens (tertiary/aromatic N) is 1. The van der Waals surface area contributed by atoms with Gasteiger partial charge in [-0.05, 0) is 36.4 Å². The molecule has 2 aromatic rings. The van der Waals surface area contributed by atoms with Crippen molar-refractivity contribution in [1.82, 2.24) is 0 Å². The predicted molar refractivity (Wildman–Crippen MR) is 74.4 cm³/mol.